The molecule has 26 heavy (non-hydrogen) atoms. The molecule has 0 unspecified atom stereocenters. The Morgan fingerprint density at radius 2 is 2.12 bits per heavy atom. The minimum absolute atomic E-state index is 0.0114. The Kier molecular flexibility index (Phi) is 6.09. The summed E-state index contributed by atoms with van der Waals surface area (Å²) in [6.45, 7) is 0.766. The maximum absolute atomic E-state index is 12.4. The summed E-state index contributed by atoms with van der Waals surface area (Å²) in [7, 11) is 0. The zero-order valence-electron chi connectivity index (χ0n) is 14.9. The topological polar surface area (TPSA) is 53.0 Å². The van der Waals surface area contributed by atoms with E-state index in [2.05, 4.69) is 9.64 Å². The van der Waals surface area contributed by atoms with Gasteiger partial charge in [-0.05, 0) is 43.5 Å². The number of amides is 1. The molecule has 1 aromatic rings. The summed E-state index contributed by atoms with van der Waals surface area (Å²) in [5.74, 6) is 0.306. The summed E-state index contributed by atoms with van der Waals surface area (Å²) < 4.78 is 29.3. The lowest BCUT2D eigenvalue weighted by Crippen LogP contribution is -2.54. The van der Waals surface area contributed by atoms with Gasteiger partial charge in [0, 0.05) is 38.0 Å². The van der Waals surface area contributed by atoms with Gasteiger partial charge in [-0.3, -0.25) is 9.69 Å². The van der Waals surface area contributed by atoms with Gasteiger partial charge in [-0.2, -0.15) is 8.78 Å². The van der Waals surface area contributed by atoms with Crippen LogP contribution in [0.2, 0.25) is 0 Å². The molecule has 0 aromatic heterocycles. The summed E-state index contributed by atoms with van der Waals surface area (Å²) in [4.78, 5) is 16.1. The summed E-state index contributed by atoms with van der Waals surface area (Å²) in [5, 5.41) is 9.19. The Balaban J connectivity index is 1.64. The Morgan fingerprint density at radius 3 is 2.88 bits per heavy atom. The molecule has 7 heteroatoms. The molecule has 2 saturated heterocycles. The number of aliphatic hydroxyl groups is 1. The highest BCUT2D eigenvalue weighted by molar-refractivity contribution is 5.77. The SMILES string of the molecule is O=C1CC[C@]2(CCCN(Cc3cccc(OC(F)F)c3)C2)CN1CCO. The molecule has 1 atom stereocenters. The van der Waals surface area contributed by atoms with Crippen LogP contribution in [0.4, 0.5) is 8.78 Å². The number of piperidine rings is 2. The smallest absolute Gasteiger partial charge is 0.387 e. The van der Waals surface area contributed by atoms with Crippen LogP contribution in [0.3, 0.4) is 0 Å². The Labute approximate surface area is 152 Å². The highest BCUT2D eigenvalue weighted by Gasteiger charge is 2.41. The Hall–Kier alpha value is -1.73. The van der Waals surface area contributed by atoms with Crippen molar-refractivity contribution in [3.8, 4) is 5.75 Å². The van der Waals surface area contributed by atoms with Gasteiger partial charge in [-0.15, -0.1) is 0 Å². The Bertz CT molecular complexity index is 629. The van der Waals surface area contributed by atoms with Gasteiger partial charge in [0.25, 0.3) is 0 Å². The highest BCUT2D eigenvalue weighted by atomic mass is 19.3. The minimum Gasteiger partial charge on any atom is -0.435 e. The number of likely N-dealkylation sites (tertiary alicyclic amines) is 2. The molecule has 144 valence electrons. The molecule has 0 aliphatic carbocycles. The van der Waals surface area contributed by atoms with E-state index in [1.165, 1.54) is 6.07 Å². The first kappa shape index (κ1) is 19.0. The number of alkyl halides is 2. The normalized spacial score (nSPS) is 24.5. The molecule has 5 nitrogen and oxygen atoms in total. The van der Waals surface area contributed by atoms with E-state index in [1.54, 1.807) is 17.0 Å². The van der Waals surface area contributed by atoms with Gasteiger partial charge in [0.05, 0.1) is 6.61 Å². The molecule has 0 saturated carbocycles. The molecule has 2 aliphatic heterocycles. The van der Waals surface area contributed by atoms with E-state index in [0.29, 0.717) is 26.1 Å². The highest BCUT2D eigenvalue weighted by Crippen LogP contribution is 2.39. The number of hydrogen-bond donors (Lipinski definition) is 1. The van der Waals surface area contributed by atoms with Crippen LogP contribution in [0.5, 0.6) is 5.75 Å². The van der Waals surface area contributed by atoms with Crippen molar-refractivity contribution in [2.45, 2.75) is 38.8 Å². The number of β-amino-alcohol motifs (C(OH)–C–C–N with tert-alkyl or cyclic N) is 1. The van der Waals surface area contributed by atoms with Crippen molar-refractivity contribution >= 4 is 5.91 Å². The molecule has 2 heterocycles. The van der Waals surface area contributed by atoms with Gasteiger partial charge in [-0.1, -0.05) is 12.1 Å². The quantitative estimate of drug-likeness (QED) is 0.838. The number of halogens is 2. The zero-order valence-corrected chi connectivity index (χ0v) is 14.9. The van der Waals surface area contributed by atoms with E-state index in [1.807, 2.05) is 6.07 Å². The molecule has 0 radical (unpaired) electrons. The maximum Gasteiger partial charge on any atom is 0.387 e. The summed E-state index contributed by atoms with van der Waals surface area (Å²) in [6.07, 6.45) is 3.53. The molecule has 1 N–H and O–H groups in total. The fourth-order valence-corrected chi connectivity index (χ4v) is 4.28. The lowest BCUT2D eigenvalue weighted by Gasteiger charge is -2.48. The van der Waals surface area contributed by atoms with Gasteiger partial charge in [0.1, 0.15) is 5.75 Å². The molecule has 3 rings (SSSR count). The first-order valence-electron chi connectivity index (χ1n) is 9.14. The number of carbonyl (C=O) groups is 1. The average Bonchev–Trinajstić information content (AvgIpc) is 2.59. The van der Waals surface area contributed by atoms with Crippen molar-refractivity contribution < 1.29 is 23.4 Å². The first-order valence-corrected chi connectivity index (χ1v) is 9.14. The van der Waals surface area contributed by atoms with Crippen molar-refractivity contribution in [3.05, 3.63) is 29.8 Å². The van der Waals surface area contributed by atoms with Gasteiger partial charge in [-0.25, -0.2) is 0 Å². The van der Waals surface area contributed by atoms with Crippen molar-refractivity contribution in [2.24, 2.45) is 5.41 Å². The zero-order chi connectivity index (χ0) is 18.6. The molecule has 2 aliphatic rings. The fraction of sp³-hybridized carbons (Fsp3) is 0.632. The second-order valence-corrected chi connectivity index (χ2v) is 7.38. The molecular weight excluding hydrogens is 342 g/mol. The number of ether oxygens (including phenoxy) is 1. The van der Waals surface area contributed by atoms with Crippen LogP contribution in [-0.2, 0) is 11.3 Å². The van der Waals surface area contributed by atoms with Crippen LogP contribution in [-0.4, -0.2) is 60.2 Å². The average molecular weight is 368 g/mol. The van der Waals surface area contributed by atoms with E-state index in [0.717, 1.165) is 37.9 Å². The van der Waals surface area contributed by atoms with E-state index in [4.69, 9.17) is 0 Å². The lowest BCUT2D eigenvalue weighted by molar-refractivity contribution is -0.140. The standard InChI is InChI=1S/C19H26F2N2O3/c20-18(21)26-16-4-1-3-15(11-16)12-22-8-2-6-19(13-22)7-5-17(25)23(14-19)9-10-24/h1,3-4,11,18,24H,2,5-10,12-14H2/t19-/m0/s1. The van der Waals surface area contributed by atoms with Crippen molar-refractivity contribution in [2.75, 3.05) is 32.8 Å². The van der Waals surface area contributed by atoms with Crippen LogP contribution >= 0.6 is 0 Å². The van der Waals surface area contributed by atoms with E-state index < -0.39 is 6.61 Å². The van der Waals surface area contributed by atoms with Crippen LogP contribution < -0.4 is 4.74 Å². The number of rotatable bonds is 6. The van der Waals surface area contributed by atoms with Gasteiger partial charge >= 0.3 is 6.61 Å². The first-order chi connectivity index (χ1) is 12.5. The van der Waals surface area contributed by atoms with Crippen LogP contribution in [0.1, 0.15) is 31.2 Å². The van der Waals surface area contributed by atoms with E-state index >= 15 is 0 Å². The second kappa shape index (κ2) is 8.31. The molecule has 1 aromatic carbocycles. The molecule has 1 spiro atoms. The number of benzene rings is 1. The van der Waals surface area contributed by atoms with Crippen molar-refractivity contribution in [3.63, 3.8) is 0 Å². The van der Waals surface area contributed by atoms with Gasteiger partial charge in [0.15, 0.2) is 0 Å². The second-order valence-electron chi connectivity index (χ2n) is 7.38. The lowest BCUT2D eigenvalue weighted by atomic mass is 9.73. The van der Waals surface area contributed by atoms with Crippen molar-refractivity contribution in [1.29, 1.82) is 0 Å². The summed E-state index contributed by atoms with van der Waals surface area (Å²) in [5.41, 5.74) is 1.01. The maximum atomic E-state index is 12.4. The monoisotopic (exact) mass is 368 g/mol. The molecule has 2 fully saturated rings. The van der Waals surface area contributed by atoms with E-state index in [-0.39, 0.29) is 23.7 Å². The van der Waals surface area contributed by atoms with Crippen LogP contribution in [0.15, 0.2) is 24.3 Å². The third-order valence-corrected chi connectivity index (χ3v) is 5.39. The number of aliphatic hydroxyl groups excluding tert-OH is 1. The van der Waals surface area contributed by atoms with Crippen LogP contribution in [0, 0.1) is 5.41 Å². The fourth-order valence-electron chi connectivity index (χ4n) is 4.28. The molecule has 1 amide bonds. The largest absolute Gasteiger partial charge is 0.435 e. The van der Waals surface area contributed by atoms with Gasteiger partial charge < -0.3 is 14.7 Å². The Morgan fingerprint density at radius 1 is 1.27 bits per heavy atom. The summed E-state index contributed by atoms with van der Waals surface area (Å²) >= 11 is 0. The third kappa shape index (κ3) is 4.71. The minimum atomic E-state index is -2.82. The summed E-state index contributed by atoms with van der Waals surface area (Å²) in [6, 6.07) is 6.85. The predicted molar refractivity (Wildman–Crippen MR) is 92.9 cm³/mol. The third-order valence-electron chi connectivity index (χ3n) is 5.39. The number of carbonyl (C=O) groups excluding carboxylic acids is 1. The molecule has 0 bridgehead atoms. The predicted octanol–water partition coefficient (Wildman–Crippen LogP) is 2.48. The number of nitrogens with zero attached hydrogens (tertiary/aromatic N) is 2. The number of hydrogen-bond acceptors (Lipinski definition) is 4. The van der Waals surface area contributed by atoms with E-state index in [9.17, 15) is 18.7 Å². The molecular formula is C19H26F2N2O3. The van der Waals surface area contributed by atoms with Crippen molar-refractivity contribution in [1.82, 2.24) is 9.80 Å². The van der Waals surface area contributed by atoms with Crippen LogP contribution in [0.25, 0.3) is 0 Å². The van der Waals surface area contributed by atoms with Gasteiger partial charge in [0.2, 0.25) is 5.91 Å².